The smallest absolute Gasteiger partial charge is 0.138 e. The number of H-pyrrole nitrogens is 2. The molecule has 3 heteroatoms. The predicted molar refractivity (Wildman–Crippen MR) is 72.3 cm³/mol. The summed E-state index contributed by atoms with van der Waals surface area (Å²) in [5.41, 5.74) is 3.61. The van der Waals surface area contributed by atoms with Crippen molar-refractivity contribution in [2.24, 2.45) is 0 Å². The van der Waals surface area contributed by atoms with Crippen molar-refractivity contribution in [2.45, 2.75) is 12.8 Å². The molecule has 2 heterocycles. The minimum Gasteiger partial charge on any atom is -0.364 e. The van der Waals surface area contributed by atoms with Gasteiger partial charge >= 0.3 is 0 Å². The second-order valence-electron chi connectivity index (χ2n) is 4.41. The zero-order valence-electron chi connectivity index (χ0n) is 10.2. The summed E-state index contributed by atoms with van der Waals surface area (Å²) >= 11 is 0. The Balaban J connectivity index is 1.90. The molecule has 0 spiro atoms. The Hall–Kier alpha value is -2.29. The van der Waals surface area contributed by atoms with Crippen LogP contribution in [-0.2, 0) is 0 Å². The molecule has 3 aromatic rings. The van der Waals surface area contributed by atoms with E-state index < -0.39 is 0 Å². The van der Waals surface area contributed by atoms with Gasteiger partial charge in [0.05, 0.1) is 0 Å². The topological polar surface area (TPSA) is 44.5 Å². The highest BCUT2D eigenvalue weighted by Crippen LogP contribution is 2.26. The van der Waals surface area contributed by atoms with Crippen LogP contribution in [0.15, 0.2) is 55.0 Å². The minimum absolute atomic E-state index is 0.356. The number of hydrogen-bond acceptors (Lipinski definition) is 1. The van der Waals surface area contributed by atoms with E-state index in [2.05, 4.69) is 52.2 Å². The molecule has 0 saturated carbocycles. The van der Waals surface area contributed by atoms with Gasteiger partial charge in [-0.1, -0.05) is 37.3 Å². The molecular weight excluding hydrogens is 222 g/mol. The van der Waals surface area contributed by atoms with E-state index in [-0.39, 0.29) is 0 Å². The van der Waals surface area contributed by atoms with Gasteiger partial charge in [0.15, 0.2) is 0 Å². The molecule has 0 aliphatic carbocycles. The van der Waals surface area contributed by atoms with Gasteiger partial charge in [-0.2, -0.15) is 0 Å². The molecule has 90 valence electrons. The first kappa shape index (κ1) is 10.8. The maximum absolute atomic E-state index is 4.26. The van der Waals surface area contributed by atoms with Gasteiger partial charge in [0.25, 0.3) is 0 Å². The third-order valence-corrected chi connectivity index (χ3v) is 3.24. The highest BCUT2D eigenvalue weighted by molar-refractivity contribution is 5.55. The van der Waals surface area contributed by atoms with Crippen molar-refractivity contribution >= 4 is 0 Å². The molecule has 2 N–H and O–H groups in total. The zero-order chi connectivity index (χ0) is 12.4. The lowest BCUT2D eigenvalue weighted by Gasteiger charge is -2.09. The molecule has 0 bridgehead atoms. The first-order valence-corrected chi connectivity index (χ1v) is 6.07. The van der Waals surface area contributed by atoms with Gasteiger partial charge in [0.1, 0.15) is 5.82 Å². The van der Waals surface area contributed by atoms with Crippen molar-refractivity contribution in [3.05, 3.63) is 66.2 Å². The molecule has 3 rings (SSSR count). The number of benzene rings is 1. The summed E-state index contributed by atoms with van der Waals surface area (Å²) in [6.07, 6.45) is 5.60. The number of aromatic amines is 2. The molecule has 0 saturated heterocycles. The van der Waals surface area contributed by atoms with Crippen LogP contribution in [0.25, 0.3) is 11.4 Å². The maximum atomic E-state index is 4.26. The Bertz CT molecular complexity index is 608. The van der Waals surface area contributed by atoms with E-state index in [0.717, 1.165) is 11.4 Å². The number of rotatable bonds is 3. The van der Waals surface area contributed by atoms with Crippen LogP contribution in [0.3, 0.4) is 0 Å². The Morgan fingerprint density at radius 3 is 2.67 bits per heavy atom. The van der Waals surface area contributed by atoms with Crippen LogP contribution in [0.2, 0.25) is 0 Å². The van der Waals surface area contributed by atoms with E-state index >= 15 is 0 Å². The normalized spacial score (nSPS) is 12.5. The summed E-state index contributed by atoms with van der Waals surface area (Å²) in [5, 5.41) is 0. The van der Waals surface area contributed by atoms with Crippen LogP contribution in [0.1, 0.15) is 24.1 Å². The number of nitrogens with zero attached hydrogens (tertiary/aromatic N) is 1. The summed E-state index contributed by atoms with van der Waals surface area (Å²) in [4.78, 5) is 10.7. The Kier molecular flexibility index (Phi) is 2.73. The molecule has 1 unspecified atom stereocenters. The van der Waals surface area contributed by atoms with Crippen LogP contribution in [0.4, 0.5) is 0 Å². The summed E-state index contributed by atoms with van der Waals surface area (Å²) in [5.74, 6) is 1.26. The average Bonchev–Trinajstić information content (AvgIpc) is 3.09. The lowest BCUT2D eigenvalue weighted by Crippen LogP contribution is -1.95. The molecule has 1 atom stereocenters. The second-order valence-corrected chi connectivity index (χ2v) is 4.41. The van der Waals surface area contributed by atoms with Gasteiger partial charge < -0.3 is 9.97 Å². The monoisotopic (exact) mass is 237 g/mol. The molecule has 0 amide bonds. The first-order valence-electron chi connectivity index (χ1n) is 6.07. The van der Waals surface area contributed by atoms with Gasteiger partial charge in [-0.3, -0.25) is 0 Å². The first-order chi connectivity index (χ1) is 8.84. The largest absolute Gasteiger partial charge is 0.364 e. The number of nitrogens with one attached hydrogen (secondary N) is 2. The van der Waals surface area contributed by atoms with Crippen molar-refractivity contribution in [1.82, 2.24) is 15.0 Å². The van der Waals surface area contributed by atoms with Crippen LogP contribution < -0.4 is 0 Å². The maximum Gasteiger partial charge on any atom is 0.138 e. The van der Waals surface area contributed by atoms with Gasteiger partial charge in [0.2, 0.25) is 0 Å². The summed E-state index contributed by atoms with van der Waals surface area (Å²) in [6, 6.07) is 12.6. The molecule has 2 aromatic heterocycles. The fraction of sp³-hybridized carbons (Fsp3) is 0.133. The standard InChI is InChI=1S/C15H15N3/c1-11(12-5-3-2-4-6-12)14-9-13(10-18-14)15-16-7-8-17-15/h2-11,18H,1H3,(H,16,17). The lowest BCUT2D eigenvalue weighted by molar-refractivity contribution is 0.884. The van der Waals surface area contributed by atoms with Crippen LogP contribution in [-0.4, -0.2) is 15.0 Å². The van der Waals surface area contributed by atoms with Crippen LogP contribution in [0, 0.1) is 0 Å². The molecule has 0 radical (unpaired) electrons. The third-order valence-electron chi connectivity index (χ3n) is 3.24. The molecule has 3 nitrogen and oxygen atoms in total. The highest BCUT2D eigenvalue weighted by atomic mass is 14.9. The molecular formula is C15H15N3. The zero-order valence-corrected chi connectivity index (χ0v) is 10.2. The van der Waals surface area contributed by atoms with Gasteiger partial charge in [0, 0.05) is 35.8 Å². The van der Waals surface area contributed by atoms with Gasteiger partial charge in [-0.05, 0) is 11.6 Å². The molecule has 18 heavy (non-hydrogen) atoms. The lowest BCUT2D eigenvalue weighted by atomic mass is 9.98. The number of imidazole rings is 1. The van der Waals surface area contributed by atoms with E-state index in [1.54, 1.807) is 6.20 Å². The summed E-state index contributed by atoms with van der Waals surface area (Å²) in [6.45, 7) is 2.20. The van der Waals surface area contributed by atoms with Crippen molar-refractivity contribution in [3.8, 4) is 11.4 Å². The molecule has 1 aromatic carbocycles. The number of hydrogen-bond donors (Lipinski definition) is 2. The SMILES string of the molecule is CC(c1ccccc1)c1cc(-c2ncc[nH]2)c[nH]1. The minimum atomic E-state index is 0.356. The molecule has 0 fully saturated rings. The number of aromatic nitrogens is 3. The van der Waals surface area contributed by atoms with E-state index in [9.17, 15) is 0 Å². The van der Waals surface area contributed by atoms with Gasteiger partial charge in [-0.25, -0.2) is 4.98 Å². The molecule has 0 aliphatic heterocycles. The predicted octanol–water partition coefficient (Wildman–Crippen LogP) is 3.56. The van der Waals surface area contributed by atoms with Crippen LogP contribution >= 0.6 is 0 Å². The fourth-order valence-corrected chi connectivity index (χ4v) is 2.14. The Labute approximate surface area is 106 Å². The Morgan fingerprint density at radius 2 is 1.94 bits per heavy atom. The fourth-order valence-electron chi connectivity index (χ4n) is 2.14. The van der Waals surface area contributed by atoms with Crippen LogP contribution in [0.5, 0.6) is 0 Å². The summed E-state index contributed by atoms with van der Waals surface area (Å²) < 4.78 is 0. The van der Waals surface area contributed by atoms with E-state index in [0.29, 0.717) is 5.92 Å². The van der Waals surface area contributed by atoms with Crippen molar-refractivity contribution in [2.75, 3.05) is 0 Å². The van der Waals surface area contributed by atoms with E-state index in [1.165, 1.54) is 11.3 Å². The van der Waals surface area contributed by atoms with Gasteiger partial charge in [-0.15, -0.1) is 0 Å². The summed E-state index contributed by atoms with van der Waals surface area (Å²) in [7, 11) is 0. The molecule has 0 aliphatic rings. The second kappa shape index (κ2) is 4.53. The van der Waals surface area contributed by atoms with Crippen molar-refractivity contribution in [3.63, 3.8) is 0 Å². The van der Waals surface area contributed by atoms with Crippen molar-refractivity contribution < 1.29 is 0 Å². The van der Waals surface area contributed by atoms with Crippen molar-refractivity contribution in [1.29, 1.82) is 0 Å². The Morgan fingerprint density at radius 1 is 1.11 bits per heavy atom. The van der Waals surface area contributed by atoms with E-state index in [1.807, 2.05) is 18.5 Å². The average molecular weight is 237 g/mol. The third kappa shape index (κ3) is 1.95. The quantitative estimate of drug-likeness (QED) is 0.718. The van der Waals surface area contributed by atoms with E-state index in [4.69, 9.17) is 0 Å². The highest BCUT2D eigenvalue weighted by Gasteiger charge is 2.11.